The molecule has 1 amide bonds. The van der Waals surface area contributed by atoms with E-state index in [2.05, 4.69) is 10.2 Å². The van der Waals surface area contributed by atoms with Crippen LogP contribution in [0.25, 0.3) is 0 Å². The fourth-order valence-electron chi connectivity index (χ4n) is 2.77. The van der Waals surface area contributed by atoms with Gasteiger partial charge in [0.25, 0.3) is 0 Å². The first-order chi connectivity index (χ1) is 9.33. The maximum atomic E-state index is 12.3. The fraction of sp³-hybridized carbons (Fsp3) is 0.750. The number of sulfone groups is 1. The van der Waals surface area contributed by atoms with Crippen LogP contribution in [0.3, 0.4) is 0 Å². The van der Waals surface area contributed by atoms with Gasteiger partial charge in [0.2, 0.25) is 20.9 Å². The molecule has 0 unspecified atom stereocenters. The minimum Gasteiger partial charge on any atom is -0.336 e. The van der Waals surface area contributed by atoms with Gasteiger partial charge in [0.1, 0.15) is 12.1 Å². The Morgan fingerprint density at radius 2 is 1.95 bits per heavy atom. The lowest BCUT2D eigenvalue weighted by Gasteiger charge is -2.39. The van der Waals surface area contributed by atoms with E-state index in [0.29, 0.717) is 0 Å². The second-order valence-electron chi connectivity index (χ2n) is 5.41. The summed E-state index contributed by atoms with van der Waals surface area (Å²) in [5.41, 5.74) is 0. The molecule has 2 atom stereocenters. The second kappa shape index (κ2) is 5.51. The van der Waals surface area contributed by atoms with Gasteiger partial charge in [-0.1, -0.05) is 0 Å². The van der Waals surface area contributed by atoms with Gasteiger partial charge in [-0.05, 0) is 33.1 Å². The number of aromatic nitrogens is 3. The van der Waals surface area contributed by atoms with Crippen LogP contribution in [0.1, 0.15) is 33.1 Å². The first-order valence-electron chi connectivity index (χ1n) is 6.71. The van der Waals surface area contributed by atoms with E-state index in [1.165, 1.54) is 10.9 Å². The summed E-state index contributed by atoms with van der Waals surface area (Å²) in [6.07, 6.45) is 4.21. The highest BCUT2D eigenvalue weighted by molar-refractivity contribution is 7.91. The van der Waals surface area contributed by atoms with Gasteiger partial charge < -0.3 is 9.47 Å². The molecule has 0 spiro atoms. The molecular formula is C12H20N4O3S. The highest BCUT2D eigenvalue weighted by atomic mass is 32.2. The van der Waals surface area contributed by atoms with Crippen molar-refractivity contribution in [2.45, 2.75) is 50.4 Å². The third-order valence-electron chi connectivity index (χ3n) is 3.74. The zero-order chi connectivity index (χ0) is 14.9. The molecule has 1 aliphatic heterocycles. The molecule has 0 N–H and O–H groups in total. The average Bonchev–Trinajstić information content (AvgIpc) is 2.75. The molecular weight excluding hydrogens is 280 g/mol. The van der Waals surface area contributed by atoms with Crippen molar-refractivity contribution in [3.63, 3.8) is 0 Å². The molecule has 20 heavy (non-hydrogen) atoms. The molecule has 1 aliphatic rings. The molecule has 2 heterocycles. The van der Waals surface area contributed by atoms with Crippen LogP contribution < -0.4 is 0 Å². The predicted octanol–water partition coefficient (Wildman–Crippen LogP) is 0.378. The van der Waals surface area contributed by atoms with Crippen LogP contribution in [0.15, 0.2) is 11.5 Å². The van der Waals surface area contributed by atoms with E-state index < -0.39 is 15.6 Å². The van der Waals surface area contributed by atoms with E-state index in [9.17, 15) is 13.2 Å². The quantitative estimate of drug-likeness (QED) is 0.805. The number of carbonyl (C=O) groups is 1. The summed E-state index contributed by atoms with van der Waals surface area (Å²) >= 11 is 0. The van der Waals surface area contributed by atoms with Crippen molar-refractivity contribution in [1.82, 2.24) is 19.7 Å². The van der Waals surface area contributed by atoms with Crippen LogP contribution in [-0.2, 0) is 21.7 Å². The Hall–Kier alpha value is -1.44. The number of amides is 1. The van der Waals surface area contributed by atoms with Gasteiger partial charge >= 0.3 is 0 Å². The van der Waals surface area contributed by atoms with Crippen LogP contribution in [0.5, 0.6) is 0 Å². The van der Waals surface area contributed by atoms with E-state index in [1.54, 1.807) is 11.9 Å². The number of nitrogens with zero attached hydrogens (tertiary/aromatic N) is 4. The highest BCUT2D eigenvalue weighted by Crippen LogP contribution is 2.23. The van der Waals surface area contributed by atoms with Gasteiger partial charge in [-0.15, -0.1) is 10.2 Å². The molecule has 112 valence electrons. The maximum Gasteiger partial charge on any atom is 0.249 e. The third kappa shape index (κ3) is 2.84. The van der Waals surface area contributed by atoms with E-state index in [-0.39, 0.29) is 23.1 Å². The lowest BCUT2D eigenvalue weighted by atomic mass is 9.98. The fourth-order valence-corrected chi connectivity index (χ4v) is 4.03. The molecule has 1 aromatic rings. The number of aryl methyl sites for hydroxylation is 1. The molecule has 0 aromatic carbocycles. The Morgan fingerprint density at radius 3 is 2.45 bits per heavy atom. The third-order valence-corrected chi connectivity index (χ3v) is 5.30. The van der Waals surface area contributed by atoms with Crippen molar-refractivity contribution in [1.29, 1.82) is 0 Å². The van der Waals surface area contributed by atoms with Crippen molar-refractivity contribution < 1.29 is 13.2 Å². The number of likely N-dealkylation sites (tertiary alicyclic amines) is 1. The standard InChI is InChI=1S/C12H20N4O3S/c1-9-5-4-6-10(2)16(9)11(17)7-20(18,19)12-14-13-8-15(12)3/h8-10H,4-7H2,1-3H3/t9-,10+. The van der Waals surface area contributed by atoms with E-state index >= 15 is 0 Å². The van der Waals surface area contributed by atoms with Crippen LogP contribution in [0.4, 0.5) is 0 Å². The first-order valence-corrected chi connectivity index (χ1v) is 8.36. The van der Waals surface area contributed by atoms with Crippen LogP contribution >= 0.6 is 0 Å². The summed E-state index contributed by atoms with van der Waals surface area (Å²) in [4.78, 5) is 14.0. The predicted molar refractivity (Wildman–Crippen MR) is 72.7 cm³/mol. The van der Waals surface area contributed by atoms with Crippen molar-refractivity contribution in [3.8, 4) is 0 Å². The van der Waals surface area contributed by atoms with Crippen LogP contribution in [-0.4, -0.2) is 51.8 Å². The van der Waals surface area contributed by atoms with E-state index in [0.717, 1.165) is 19.3 Å². The van der Waals surface area contributed by atoms with Gasteiger partial charge in [0.05, 0.1) is 0 Å². The minimum absolute atomic E-state index is 0.0842. The Bertz CT molecular complexity index is 586. The van der Waals surface area contributed by atoms with Crippen LogP contribution in [0, 0.1) is 0 Å². The SMILES string of the molecule is C[C@@H]1CCC[C@H](C)N1C(=O)CS(=O)(=O)c1nncn1C. The van der Waals surface area contributed by atoms with E-state index in [1.807, 2.05) is 13.8 Å². The molecule has 1 fully saturated rings. The van der Waals surface area contributed by atoms with Crippen molar-refractivity contribution in [2.75, 3.05) is 5.75 Å². The monoisotopic (exact) mass is 300 g/mol. The van der Waals surface area contributed by atoms with Crippen LogP contribution in [0.2, 0.25) is 0 Å². The zero-order valence-electron chi connectivity index (χ0n) is 12.0. The molecule has 1 aromatic heterocycles. The molecule has 0 saturated carbocycles. The Kier molecular flexibility index (Phi) is 4.12. The Morgan fingerprint density at radius 1 is 1.35 bits per heavy atom. The smallest absolute Gasteiger partial charge is 0.249 e. The van der Waals surface area contributed by atoms with Crippen molar-refractivity contribution in [3.05, 3.63) is 6.33 Å². The first kappa shape index (κ1) is 15.0. The summed E-state index contributed by atoms with van der Waals surface area (Å²) in [6, 6.07) is 0.168. The maximum absolute atomic E-state index is 12.3. The topological polar surface area (TPSA) is 85.2 Å². The van der Waals surface area contributed by atoms with Gasteiger partial charge in [0, 0.05) is 19.1 Å². The minimum atomic E-state index is -3.74. The Balaban J connectivity index is 2.17. The molecule has 8 heteroatoms. The lowest BCUT2D eigenvalue weighted by Crippen LogP contribution is -2.49. The van der Waals surface area contributed by atoms with Gasteiger partial charge in [-0.25, -0.2) is 8.42 Å². The lowest BCUT2D eigenvalue weighted by molar-refractivity contribution is -0.134. The largest absolute Gasteiger partial charge is 0.336 e. The highest BCUT2D eigenvalue weighted by Gasteiger charge is 2.33. The molecule has 2 rings (SSSR count). The van der Waals surface area contributed by atoms with E-state index in [4.69, 9.17) is 0 Å². The molecule has 0 aliphatic carbocycles. The zero-order valence-corrected chi connectivity index (χ0v) is 12.8. The molecule has 0 radical (unpaired) electrons. The Labute approximate surface area is 118 Å². The molecule has 1 saturated heterocycles. The van der Waals surface area contributed by atoms with Gasteiger partial charge in [-0.2, -0.15) is 0 Å². The number of rotatable bonds is 3. The number of piperidine rings is 1. The van der Waals surface area contributed by atoms with Gasteiger partial charge in [0.15, 0.2) is 0 Å². The summed E-state index contributed by atoms with van der Waals surface area (Å²) in [7, 11) is -2.20. The number of carbonyl (C=O) groups excluding carboxylic acids is 1. The summed E-state index contributed by atoms with van der Waals surface area (Å²) < 4.78 is 25.7. The van der Waals surface area contributed by atoms with Crippen molar-refractivity contribution in [2.24, 2.45) is 7.05 Å². The second-order valence-corrected chi connectivity index (χ2v) is 7.30. The van der Waals surface area contributed by atoms with Gasteiger partial charge in [-0.3, -0.25) is 4.79 Å². The molecule has 7 nitrogen and oxygen atoms in total. The van der Waals surface area contributed by atoms with Crippen molar-refractivity contribution >= 4 is 15.7 Å². The average molecular weight is 300 g/mol. The summed E-state index contributed by atoms with van der Waals surface area (Å²) in [6.45, 7) is 3.92. The summed E-state index contributed by atoms with van der Waals surface area (Å²) in [5.74, 6) is -0.901. The normalized spacial score (nSPS) is 23.9. The number of hydrogen-bond acceptors (Lipinski definition) is 5. The number of hydrogen-bond donors (Lipinski definition) is 0. The molecule has 0 bridgehead atoms. The summed E-state index contributed by atoms with van der Waals surface area (Å²) in [5, 5.41) is 6.96.